The summed E-state index contributed by atoms with van der Waals surface area (Å²) in [4.78, 5) is 16.3. The third-order valence-electron chi connectivity index (χ3n) is 2.64. The molecule has 6 nitrogen and oxygen atoms in total. The van der Waals surface area contributed by atoms with E-state index < -0.39 is 0 Å². The molecule has 2 aromatic rings. The van der Waals surface area contributed by atoms with E-state index in [1.165, 1.54) is 10.7 Å². The minimum atomic E-state index is -0.280. The number of carbonyl (C=O) groups is 1. The summed E-state index contributed by atoms with van der Waals surface area (Å²) in [5, 5.41) is 13.2. The number of nitriles is 1. The lowest BCUT2D eigenvalue weighted by atomic mass is 10.1. The van der Waals surface area contributed by atoms with Crippen LogP contribution in [0.15, 0.2) is 29.0 Å². The van der Waals surface area contributed by atoms with Gasteiger partial charge in [0, 0.05) is 19.4 Å². The second-order valence-electron chi connectivity index (χ2n) is 3.91. The number of methoxy groups -OCH3 is 1. The van der Waals surface area contributed by atoms with Crippen LogP contribution in [0.5, 0.6) is 0 Å². The number of hydrogen-bond acceptors (Lipinski definition) is 5. The lowest BCUT2D eigenvalue weighted by Gasteiger charge is -2.01. The largest absolute Gasteiger partial charge is 0.383 e. The molecule has 0 radical (unpaired) electrons. The third-order valence-corrected chi connectivity index (χ3v) is 3.27. The van der Waals surface area contributed by atoms with Crippen molar-refractivity contribution in [3.05, 3.63) is 46.0 Å². The Morgan fingerprint density at radius 1 is 1.60 bits per heavy atom. The van der Waals surface area contributed by atoms with Gasteiger partial charge in [0.2, 0.25) is 5.78 Å². The van der Waals surface area contributed by atoms with Gasteiger partial charge in [-0.15, -0.1) is 0 Å². The summed E-state index contributed by atoms with van der Waals surface area (Å²) < 4.78 is 6.86. The smallest absolute Gasteiger partial charge is 0.215 e. The van der Waals surface area contributed by atoms with Gasteiger partial charge in [0.1, 0.15) is 22.1 Å². The Labute approximate surface area is 124 Å². The summed E-state index contributed by atoms with van der Waals surface area (Å²) in [6, 6.07) is 6.80. The fraction of sp³-hybridized carbons (Fsp3) is 0.231. The Balaban J connectivity index is 2.34. The van der Waals surface area contributed by atoms with Crippen LogP contribution < -0.4 is 0 Å². The molecule has 102 valence electrons. The van der Waals surface area contributed by atoms with E-state index in [4.69, 9.17) is 10.00 Å². The van der Waals surface area contributed by atoms with Crippen molar-refractivity contribution in [3.8, 4) is 6.07 Å². The highest BCUT2D eigenvalue weighted by Gasteiger charge is 2.18. The fourth-order valence-electron chi connectivity index (χ4n) is 1.66. The number of ether oxygens (including phenoxy) is 1. The van der Waals surface area contributed by atoms with E-state index in [0.717, 1.165) is 0 Å². The Morgan fingerprint density at radius 3 is 3.05 bits per heavy atom. The van der Waals surface area contributed by atoms with Gasteiger partial charge in [0.15, 0.2) is 0 Å². The maximum Gasteiger partial charge on any atom is 0.215 e. The summed E-state index contributed by atoms with van der Waals surface area (Å²) in [7, 11) is 1.56. The summed E-state index contributed by atoms with van der Waals surface area (Å²) in [5.41, 5.74) is 0.949. The molecule has 2 rings (SSSR count). The quantitative estimate of drug-likeness (QED) is 0.615. The maximum atomic E-state index is 12.3. The minimum absolute atomic E-state index is 0.214. The van der Waals surface area contributed by atoms with Crippen LogP contribution in [-0.2, 0) is 11.3 Å². The number of rotatable bonds is 5. The van der Waals surface area contributed by atoms with Crippen LogP contribution >= 0.6 is 15.9 Å². The average molecular weight is 335 g/mol. The molecule has 0 amide bonds. The number of pyridine rings is 1. The van der Waals surface area contributed by atoms with E-state index in [9.17, 15) is 4.79 Å². The normalized spacial score (nSPS) is 10.2. The molecule has 0 aliphatic heterocycles. The van der Waals surface area contributed by atoms with E-state index in [1.54, 1.807) is 25.4 Å². The van der Waals surface area contributed by atoms with Crippen molar-refractivity contribution in [1.29, 1.82) is 5.26 Å². The predicted molar refractivity (Wildman–Crippen MR) is 74.2 cm³/mol. The summed E-state index contributed by atoms with van der Waals surface area (Å²) in [6.45, 7) is 0.835. The molecule has 0 bridgehead atoms. The van der Waals surface area contributed by atoms with Crippen molar-refractivity contribution in [2.24, 2.45) is 0 Å². The second kappa shape index (κ2) is 6.41. The van der Waals surface area contributed by atoms with Crippen LogP contribution in [0.3, 0.4) is 0 Å². The molecule has 0 N–H and O–H groups in total. The Kier molecular flexibility index (Phi) is 4.61. The van der Waals surface area contributed by atoms with Crippen LogP contribution in [0, 0.1) is 11.3 Å². The SMILES string of the molecule is COCCn1nc(C(=O)c2cccnc2Br)cc1C#N. The number of hydrogen-bond donors (Lipinski definition) is 0. The van der Waals surface area contributed by atoms with Gasteiger partial charge in [-0.25, -0.2) is 4.98 Å². The molecule has 0 aromatic carbocycles. The van der Waals surface area contributed by atoms with Crippen LogP contribution in [0.1, 0.15) is 21.7 Å². The van der Waals surface area contributed by atoms with Gasteiger partial charge in [-0.3, -0.25) is 9.48 Å². The average Bonchev–Trinajstić information content (AvgIpc) is 2.88. The lowest BCUT2D eigenvalue weighted by molar-refractivity contribution is 0.103. The van der Waals surface area contributed by atoms with Crippen LogP contribution in [0.25, 0.3) is 0 Å². The molecule has 2 heterocycles. The molecule has 0 spiro atoms. The van der Waals surface area contributed by atoms with Crippen molar-refractivity contribution in [3.63, 3.8) is 0 Å². The predicted octanol–water partition coefficient (Wildman–Crippen LogP) is 1.79. The molecule has 7 heteroatoms. The first-order valence-corrected chi connectivity index (χ1v) is 6.58. The van der Waals surface area contributed by atoms with Gasteiger partial charge >= 0.3 is 0 Å². The van der Waals surface area contributed by atoms with E-state index in [1.807, 2.05) is 6.07 Å². The number of ketones is 1. The molecule has 2 aromatic heterocycles. The monoisotopic (exact) mass is 334 g/mol. The zero-order valence-corrected chi connectivity index (χ0v) is 12.3. The van der Waals surface area contributed by atoms with Crippen LogP contribution in [0.2, 0.25) is 0 Å². The third kappa shape index (κ3) is 2.92. The van der Waals surface area contributed by atoms with Gasteiger partial charge < -0.3 is 4.74 Å². The molecule has 0 saturated carbocycles. The first-order chi connectivity index (χ1) is 9.67. The minimum Gasteiger partial charge on any atom is -0.383 e. The topological polar surface area (TPSA) is 80.8 Å². The Morgan fingerprint density at radius 2 is 2.40 bits per heavy atom. The van der Waals surface area contributed by atoms with E-state index in [0.29, 0.717) is 29.0 Å². The Bertz CT molecular complexity index is 675. The van der Waals surface area contributed by atoms with Gasteiger partial charge in [0.05, 0.1) is 18.7 Å². The molecule has 20 heavy (non-hydrogen) atoms. The van der Waals surface area contributed by atoms with Crippen molar-refractivity contribution < 1.29 is 9.53 Å². The van der Waals surface area contributed by atoms with Gasteiger partial charge in [-0.1, -0.05) is 0 Å². The van der Waals surface area contributed by atoms with Gasteiger partial charge in [-0.2, -0.15) is 10.4 Å². The van der Waals surface area contributed by atoms with Gasteiger partial charge in [-0.05, 0) is 28.1 Å². The van der Waals surface area contributed by atoms with Crippen molar-refractivity contribution in [2.75, 3.05) is 13.7 Å². The second-order valence-corrected chi connectivity index (χ2v) is 4.66. The maximum absolute atomic E-state index is 12.3. The molecule has 0 fully saturated rings. The highest BCUT2D eigenvalue weighted by atomic mass is 79.9. The number of aromatic nitrogens is 3. The number of nitrogens with zero attached hydrogens (tertiary/aromatic N) is 4. The molecule has 0 saturated heterocycles. The van der Waals surface area contributed by atoms with Crippen molar-refractivity contribution in [2.45, 2.75) is 6.54 Å². The van der Waals surface area contributed by atoms with Crippen LogP contribution in [-0.4, -0.2) is 34.3 Å². The molecule has 0 atom stereocenters. The van der Waals surface area contributed by atoms with Crippen molar-refractivity contribution >= 4 is 21.7 Å². The summed E-state index contributed by atoms with van der Waals surface area (Å²) in [6.07, 6.45) is 1.58. The number of carbonyl (C=O) groups excluding carboxylic acids is 1. The highest BCUT2D eigenvalue weighted by molar-refractivity contribution is 9.10. The van der Waals surface area contributed by atoms with Crippen molar-refractivity contribution in [1.82, 2.24) is 14.8 Å². The van der Waals surface area contributed by atoms with Crippen LogP contribution in [0.4, 0.5) is 0 Å². The highest BCUT2D eigenvalue weighted by Crippen LogP contribution is 2.17. The molecule has 0 aliphatic rings. The number of halogens is 1. The Hall–Kier alpha value is -2.04. The van der Waals surface area contributed by atoms with E-state index in [2.05, 4.69) is 26.0 Å². The zero-order chi connectivity index (χ0) is 14.5. The standard InChI is InChI=1S/C13H11BrN4O2/c1-20-6-5-18-9(8-15)7-11(17-18)12(19)10-3-2-4-16-13(10)14/h2-4,7H,5-6H2,1H3. The summed E-state index contributed by atoms with van der Waals surface area (Å²) in [5.74, 6) is -0.280. The van der Waals surface area contributed by atoms with E-state index in [-0.39, 0.29) is 11.5 Å². The molecule has 0 aliphatic carbocycles. The zero-order valence-electron chi connectivity index (χ0n) is 10.7. The summed E-state index contributed by atoms with van der Waals surface area (Å²) >= 11 is 3.23. The first-order valence-electron chi connectivity index (χ1n) is 5.79. The van der Waals surface area contributed by atoms with Gasteiger partial charge in [0.25, 0.3) is 0 Å². The fourth-order valence-corrected chi connectivity index (χ4v) is 2.09. The van der Waals surface area contributed by atoms with E-state index >= 15 is 0 Å². The lowest BCUT2D eigenvalue weighted by Crippen LogP contribution is -2.10. The molecular weight excluding hydrogens is 324 g/mol. The first kappa shape index (κ1) is 14.4. The molecule has 0 unspecified atom stereocenters. The molecular formula is C13H11BrN4O2.